The van der Waals surface area contributed by atoms with Gasteiger partial charge in [-0.05, 0) is 63.6 Å². The number of anilines is 2. The van der Waals surface area contributed by atoms with Gasteiger partial charge in [0.05, 0.1) is 33.4 Å². The Kier molecular flexibility index (Phi) is 7.11. The van der Waals surface area contributed by atoms with Gasteiger partial charge in [0.1, 0.15) is 22.5 Å². The number of amides is 1. The van der Waals surface area contributed by atoms with Crippen molar-refractivity contribution in [3.63, 3.8) is 0 Å². The zero-order chi connectivity index (χ0) is 25.4. The number of carbonyl (C=O) groups is 1. The van der Waals surface area contributed by atoms with E-state index in [0.29, 0.717) is 5.69 Å². The molecule has 0 aliphatic carbocycles. The highest BCUT2D eigenvalue weighted by Gasteiger charge is 2.25. The van der Waals surface area contributed by atoms with E-state index in [4.69, 9.17) is 5.73 Å². The van der Waals surface area contributed by atoms with Gasteiger partial charge in [-0.2, -0.15) is 0 Å². The van der Waals surface area contributed by atoms with Gasteiger partial charge < -0.3 is 16.2 Å². The van der Waals surface area contributed by atoms with Crippen molar-refractivity contribution in [3.8, 4) is 10.4 Å². The third kappa shape index (κ3) is 5.60. The summed E-state index contributed by atoms with van der Waals surface area (Å²) >= 11 is 0.889. The first kappa shape index (κ1) is 25.7. The zero-order valence-electron chi connectivity index (χ0n) is 19.0. The van der Waals surface area contributed by atoms with Crippen molar-refractivity contribution < 1.29 is 27.1 Å². The summed E-state index contributed by atoms with van der Waals surface area (Å²) < 4.78 is 54.1. The predicted octanol–water partition coefficient (Wildman–Crippen LogP) is 4.48. The van der Waals surface area contributed by atoms with Crippen LogP contribution in [0.1, 0.15) is 49.3 Å². The summed E-state index contributed by atoms with van der Waals surface area (Å²) in [4.78, 5) is 16.4. The number of primary amides is 1. The molecule has 4 N–H and O–H groups in total. The fourth-order valence-corrected chi connectivity index (χ4v) is 5.10. The average Bonchev–Trinajstić information content (AvgIpc) is 3.10. The van der Waals surface area contributed by atoms with Crippen molar-refractivity contribution in [3.05, 3.63) is 64.9 Å². The molecule has 0 fully saturated rings. The number of halogens is 2. The highest BCUT2D eigenvalue weighted by atomic mass is 32.2. The molecule has 0 aliphatic rings. The van der Waals surface area contributed by atoms with Gasteiger partial charge in [0, 0.05) is 4.88 Å². The number of carbonyl (C=O) groups excluding carboxylic acids is 1. The van der Waals surface area contributed by atoms with Crippen LogP contribution in [0.2, 0.25) is 0 Å². The maximum Gasteiger partial charge on any atom is 0.251 e. The normalized spacial score (nSPS) is 12.2. The van der Waals surface area contributed by atoms with Gasteiger partial charge in [-0.3, -0.25) is 4.79 Å². The van der Waals surface area contributed by atoms with Gasteiger partial charge >= 0.3 is 0 Å². The molecular weight excluding hydrogens is 484 g/mol. The van der Waals surface area contributed by atoms with Crippen LogP contribution in [0.3, 0.4) is 0 Å². The Balaban J connectivity index is 2.00. The molecule has 7 nitrogen and oxygen atoms in total. The quantitative estimate of drug-likeness (QED) is 0.412. The van der Waals surface area contributed by atoms with Crippen molar-refractivity contribution in [1.82, 2.24) is 4.98 Å². The van der Waals surface area contributed by atoms with Crippen LogP contribution in [0.4, 0.5) is 19.6 Å². The number of nitrogens with zero attached hydrogens (tertiary/aromatic N) is 1. The highest BCUT2D eigenvalue weighted by Crippen LogP contribution is 2.40. The second-order valence-electron chi connectivity index (χ2n) is 8.59. The summed E-state index contributed by atoms with van der Waals surface area (Å²) in [5.74, 6) is -2.65. The third-order valence-corrected chi connectivity index (χ3v) is 8.31. The second-order valence-corrected chi connectivity index (χ2v) is 12.2. The summed E-state index contributed by atoms with van der Waals surface area (Å²) in [5, 5.41) is 12.6. The van der Waals surface area contributed by atoms with Crippen LogP contribution in [0.5, 0.6) is 0 Å². The number of pyridine rings is 1. The average molecular weight is 510 g/mol. The molecule has 1 amide bonds. The maximum atomic E-state index is 14.8. The first-order chi connectivity index (χ1) is 15.7. The molecule has 0 aliphatic heterocycles. The predicted molar refractivity (Wildman–Crippen MR) is 129 cm³/mol. The summed E-state index contributed by atoms with van der Waals surface area (Å²) in [7, 11) is -3.38. The van der Waals surface area contributed by atoms with E-state index in [1.165, 1.54) is 19.9 Å². The van der Waals surface area contributed by atoms with E-state index in [9.17, 15) is 27.1 Å². The molecule has 3 rings (SSSR count). The number of aromatic nitrogens is 1. The Morgan fingerprint density at radius 1 is 1.21 bits per heavy atom. The molecule has 0 bridgehead atoms. The number of sulfone groups is 1. The lowest BCUT2D eigenvalue weighted by molar-refractivity contribution is 0.0778. The molecule has 0 saturated carbocycles. The lowest BCUT2D eigenvalue weighted by Gasteiger charge is -2.18. The van der Waals surface area contributed by atoms with Crippen molar-refractivity contribution in [1.29, 1.82) is 0 Å². The second kappa shape index (κ2) is 9.40. The number of benzene rings is 1. The fraction of sp³-hybridized carbons (Fsp3) is 0.304. The van der Waals surface area contributed by atoms with Gasteiger partial charge in [-0.15, -0.1) is 11.3 Å². The smallest absolute Gasteiger partial charge is 0.251 e. The summed E-state index contributed by atoms with van der Waals surface area (Å²) in [5.41, 5.74) is 4.02. The Morgan fingerprint density at radius 3 is 2.35 bits per heavy atom. The number of hydrogen-bond donors (Lipinski definition) is 3. The van der Waals surface area contributed by atoms with Crippen LogP contribution in [-0.4, -0.2) is 29.7 Å². The first-order valence-electron chi connectivity index (χ1n) is 10.3. The minimum atomic E-state index is -3.38. The van der Waals surface area contributed by atoms with E-state index in [2.05, 4.69) is 10.3 Å². The van der Waals surface area contributed by atoms with Crippen LogP contribution in [0.15, 0.2) is 36.4 Å². The summed E-state index contributed by atoms with van der Waals surface area (Å²) in [6, 6.07) is 8.08. The van der Waals surface area contributed by atoms with Crippen LogP contribution in [0.25, 0.3) is 10.4 Å². The molecule has 0 radical (unpaired) electrons. The minimum absolute atomic E-state index is 0.00707. The molecule has 11 heteroatoms. The number of nitrogens with one attached hydrogen (secondary N) is 1. The standard InChI is InChI=1S/C23H25F2N3O4S2/c1-12(2)34(31,32)11-14-6-5-7-19(27-14)28-22-15(21(26)29)10-18(33-22)20-16(24)8-13(9-17(20)25)23(3,4)30/h5-10,12,30H,11H2,1-4H3,(H2,26,29)(H,27,28). The van der Waals surface area contributed by atoms with Crippen molar-refractivity contribution in [2.24, 2.45) is 5.73 Å². The Morgan fingerprint density at radius 2 is 1.82 bits per heavy atom. The third-order valence-electron chi connectivity index (χ3n) is 5.11. The molecule has 182 valence electrons. The van der Waals surface area contributed by atoms with Gasteiger partial charge in [0.25, 0.3) is 5.91 Å². The molecule has 0 unspecified atom stereocenters. The highest BCUT2D eigenvalue weighted by molar-refractivity contribution is 7.91. The molecule has 1 aromatic carbocycles. The number of hydrogen-bond acceptors (Lipinski definition) is 7. The summed E-state index contributed by atoms with van der Waals surface area (Å²) in [6.45, 7) is 5.98. The van der Waals surface area contributed by atoms with Crippen LogP contribution in [-0.2, 0) is 21.2 Å². The fourth-order valence-electron chi connectivity index (χ4n) is 3.07. The largest absolute Gasteiger partial charge is 0.386 e. The van der Waals surface area contributed by atoms with Gasteiger partial charge in [-0.25, -0.2) is 22.2 Å². The first-order valence-corrected chi connectivity index (χ1v) is 12.8. The lowest BCUT2D eigenvalue weighted by Crippen LogP contribution is -2.17. The molecule has 0 atom stereocenters. The Labute approximate surface area is 200 Å². The molecule has 0 spiro atoms. The molecule has 2 heterocycles. The zero-order valence-corrected chi connectivity index (χ0v) is 20.7. The van der Waals surface area contributed by atoms with E-state index in [1.54, 1.807) is 32.0 Å². The molecule has 34 heavy (non-hydrogen) atoms. The van der Waals surface area contributed by atoms with Crippen LogP contribution >= 0.6 is 11.3 Å². The number of nitrogens with two attached hydrogens (primary N) is 1. The Bertz CT molecular complexity index is 1320. The van der Waals surface area contributed by atoms with E-state index in [-0.39, 0.29) is 38.1 Å². The monoisotopic (exact) mass is 509 g/mol. The molecule has 0 saturated heterocycles. The topological polar surface area (TPSA) is 122 Å². The van der Waals surface area contributed by atoms with Gasteiger partial charge in [0.2, 0.25) is 0 Å². The van der Waals surface area contributed by atoms with E-state index in [1.807, 2.05) is 0 Å². The van der Waals surface area contributed by atoms with Crippen molar-refractivity contribution >= 4 is 37.9 Å². The SMILES string of the molecule is CC(C)S(=O)(=O)Cc1cccc(Nc2sc(-c3c(F)cc(C(C)(C)O)cc3F)cc2C(N)=O)n1. The molecule has 3 aromatic rings. The number of rotatable bonds is 8. The summed E-state index contributed by atoms with van der Waals surface area (Å²) in [6.07, 6.45) is 0. The van der Waals surface area contributed by atoms with Crippen LogP contribution < -0.4 is 11.1 Å². The number of aliphatic hydroxyl groups is 1. The lowest BCUT2D eigenvalue weighted by atomic mass is 9.96. The van der Waals surface area contributed by atoms with Gasteiger partial charge in [0.15, 0.2) is 9.84 Å². The van der Waals surface area contributed by atoms with E-state index >= 15 is 0 Å². The van der Waals surface area contributed by atoms with E-state index < -0.39 is 38.2 Å². The molecular formula is C23H25F2N3O4S2. The van der Waals surface area contributed by atoms with Gasteiger partial charge in [-0.1, -0.05) is 6.07 Å². The Hall–Kier alpha value is -2.89. The van der Waals surface area contributed by atoms with Crippen LogP contribution in [0, 0.1) is 11.6 Å². The van der Waals surface area contributed by atoms with E-state index in [0.717, 1.165) is 23.5 Å². The van der Waals surface area contributed by atoms with Crippen molar-refractivity contribution in [2.75, 3.05) is 5.32 Å². The minimum Gasteiger partial charge on any atom is -0.386 e. The maximum absolute atomic E-state index is 14.8. The molecule has 2 aromatic heterocycles. The number of thiophene rings is 1. The van der Waals surface area contributed by atoms with Crippen molar-refractivity contribution in [2.45, 2.75) is 44.3 Å².